The van der Waals surface area contributed by atoms with E-state index in [0.29, 0.717) is 0 Å². The second-order valence-corrected chi connectivity index (χ2v) is 15.6. The first-order chi connectivity index (χ1) is 23.8. The van der Waals surface area contributed by atoms with Gasteiger partial charge >= 0.3 is 0 Å². The fraction of sp³-hybridized carbons (Fsp3) is 0.130. The van der Waals surface area contributed by atoms with E-state index in [1.54, 1.807) is 0 Å². The molecule has 0 radical (unpaired) electrons. The number of thiophene rings is 1. The standard InChI is InChI=1S/C46H34N2S/c1-45(2)34-21-8-5-15-29(34)41-31(18-12-23-36(41)45)38-26-39(32-19-11-17-28-27-14-7-10-25-40(27)49-43(28)32)48-44(47-38)33-20-13-24-37-42(33)30-16-6-9-22-35(30)46(37,3)4/h5-26H,1-4H3. The number of rotatable bonds is 3. The van der Waals surface area contributed by atoms with Crippen LogP contribution in [0.2, 0.25) is 0 Å². The van der Waals surface area contributed by atoms with Gasteiger partial charge in [-0.15, -0.1) is 11.3 Å². The number of hydrogen-bond acceptors (Lipinski definition) is 3. The van der Waals surface area contributed by atoms with Crippen LogP contribution in [-0.4, -0.2) is 9.97 Å². The Bertz CT molecular complexity index is 2550. The summed E-state index contributed by atoms with van der Waals surface area (Å²) in [7, 11) is 0. The van der Waals surface area contributed by atoms with Crippen molar-refractivity contribution in [1.82, 2.24) is 9.97 Å². The van der Waals surface area contributed by atoms with Gasteiger partial charge in [0.25, 0.3) is 0 Å². The molecule has 2 aromatic heterocycles. The van der Waals surface area contributed by atoms with Crippen LogP contribution in [0.5, 0.6) is 0 Å². The quantitative estimate of drug-likeness (QED) is 0.191. The van der Waals surface area contributed by atoms with Crippen molar-refractivity contribution in [3.05, 3.63) is 156 Å². The van der Waals surface area contributed by atoms with Crippen molar-refractivity contribution in [1.29, 1.82) is 0 Å². The summed E-state index contributed by atoms with van der Waals surface area (Å²) in [5.41, 5.74) is 15.5. The molecule has 0 amide bonds. The van der Waals surface area contributed by atoms with Crippen molar-refractivity contribution >= 4 is 31.5 Å². The molecule has 0 bridgehead atoms. The maximum absolute atomic E-state index is 5.51. The number of nitrogens with zero attached hydrogens (tertiary/aromatic N) is 2. The lowest BCUT2D eigenvalue weighted by atomic mass is 9.82. The van der Waals surface area contributed by atoms with Crippen molar-refractivity contribution < 1.29 is 0 Å². The summed E-state index contributed by atoms with van der Waals surface area (Å²) in [6.07, 6.45) is 0. The Morgan fingerprint density at radius 2 is 0.898 bits per heavy atom. The van der Waals surface area contributed by atoms with E-state index in [2.05, 4.69) is 161 Å². The van der Waals surface area contributed by atoms with Crippen LogP contribution >= 0.6 is 11.3 Å². The van der Waals surface area contributed by atoms with Gasteiger partial charge in [-0.3, -0.25) is 0 Å². The molecule has 10 rings (SSSR count). The minimum Gasteiger partial charge on any atom is -0.228 e. The van der Waals surface area contributed by atoms with Gasteiger partial charge in [-0.25, -0.2) is 9.97 Å². The predicted octanol–water partition coefficient (Wildman–Crippen LogP) is 12.5. The molecule has 2 aliphatic rings. The summed E-state index contributed by atoms with van der Waals surface area (Å²) in [4.78, 5) is 11.0. The van der Waals surface area contributed by atoms with Crippen LogP contribution in [0.1, 0.15) is 49.9 Å². The van der Waals surface area contributed by atoms with Gasteiger partial charge in [0.15, 0.2) is 5.82 Å². The SMILES string of the molecule is CC1(C)c2ccccc2-c2c(-c3cc(-c4cccc5c4sc4ccccc45)nc(-c4cccc5c4-c4ccccc4C5(C)C)n3)cccc21. The zero-order valence-corrected chi connectivity index (χ0v) is 28.8. The van der Waals surface area contributed by atoms with E-state index in [4.69, 9.17) is 9.97 Å². The highest BCUT2D eigenvalue weighted by molar-refractivity contribution is 7.26. The average Bonchev–Trinajstić information content (AvgIpc) is 3.71. The first-order valence-corrected chi connectivity index (χ1v) is 17.9. The molecule has 8 aromatic rings. The fourth-order valence-corrected chi connectivity index (χ4v) is 9.93. The van der Waals surface area contributed by atoms with E-state index in [0.717, 1.165) is 33.9 Å². The predicted molar refractivity (Wildman–Crippen MR) is 206 cm³/mol. The van der Waals surface area contributed by atoms with E-state index < -0.39 is 0 Å². The molecular weight excluding hydrogens is 613 g/mol. The highest BCUT2D eigenvalue weighted by atomic mass is 32.1. The fourth-order valence-electron chi connectivity index (χ4n) is 8.70. The summed E-state index contributed by atoms with van der Waals surface area (Å²) in [5.74, 6) is 0.762. The molecule has 0 spiro atoms. The van der Waals surface area contributed by atoms with Gasteiger partial charge in [0.1, 0.15) is 0 Å². The molecule has 234 valence electrons. The van der Waals surface area contributed by atoms with E-state index in [-0.39, 0.29) is 10.8 Å². The van der Waals surface area contributed by atoms with Gasteiger partial charge < -0.3 is 0 Å². The maximum atomic E-state index is 5.51. The Labute approximate surface area is 290 Å². The molecule has 0 atom stereocenters. The summed E-state index contributed by atoms with van der Waals surface area (Å²) in [6.45, 7) is 9.34. The van der Waals surface area contributed by atoms with Gasteiger partial charge in [0.2, 0.25) is 0 Å². The Balaban J connectivity index is 1.29. The molecule has 49 heavy (non-hydrogen) atoms. The lowest BCUT2D eigenvalue weighted by Crippen LogP contribution is -2.14. The topological polar surface area (TPSA) is 25.8 Å². The molecule has 0 saturated carbocycles. The zero-order chi connectivity index (χ0) is 33.1. The van der Waals surface area contributed by atoms with Gasteiger partial charge in [-0.1, -0.05) is 149 Å². The number of fused-ring (bicyclic) bond motifs is 9. The van der Waals surface area contributed by atoms with Gasteiger partial charge in [-0.05, 0) is 56.6 Å². The number of benzene rings is 6. The molecular formula is C46H34N2S. The second-order valence-electron chi connectivity index (χ2n) is 14.5. The molecule has 2 aliphatic carbocycles. The van der Waals surface area contributed by atoms with E-state index in [1.165, 1.54) is 64.7 Å². The van der Waals surface area contributed by atoms with Crippen LogP contribution in [0.4, 0.5) is 0 Å². The molecule has 6 aromatic carbocycles. The van der Waals surface area contributed by atoms with Crippen molar-refractivity contribution in [3.8, 4) is 56.2 Å². The minimum absolute atomic E-state index is 0.0984. The highest BCUT2D eigenvalue weighted by Crippen LogP contribution is 2.54. The summed E-state index contributed by atoms with van der Waals surface area (Å²) in [5, 5.41) is 2.56. The summed E-state index contributed by atoms with van der Waals surface area (Å²) in [6, 6.07) is 48.7. The Morgan fingerprint density at radius 3 is 1.59 bits per heavy atom. The number of aromatic nitrogens is 2. The first-order valence-electron chi connectivity index (χ1n) is 17.1. The Hall–Kier alpha value is -5.38. The van der Waals surface area contributed by atoms with Gasteiger partial charge in [-0.2, -0.15) is 0 Å². The normalized spacial score (nSPS) is 14.9. The maximum Gasteiger partial charge on any atom is 0.161 e. The number of hydrogen-bond donors (Lipinski definition) is 0. The summed E-state index contributed by atoms with van der Waals surface area (Å²) >= 11 is 1.85. The second kappa shape index (κ2) is 10.1. The van der Waals surface area contributed by atoms with E-state index in [1.807, 2.05) is 11.3 Å². The lowest BCUT2D eigenvalue weighted by molar-refractivity contribution is 0.660. The molecule has 0 fully saturated rings. The Kier molecular flexibility index (Phi) is 5.88. The third-order valence-electron chi connectivity index (χ3n) is 11.1. The molecule has 2 nitrogen and oxygen atoms in total. The minimum atomic E-state index is -0.111. The van der Waals surface area contributed by atoms with Gasteiger partial charge in [0, 0.05) is 47.7 Å². The molecule has 3 heteroatoms. The van der Waals surface area contributed by atoms with Crippen molar-refractivity contribution in [3.63, 3.8) is 0 Å². The van der Waals surface area contributed by atoms with Crippen molar-refractivity contribution in [2.75, 3.05) is 0 Å². The molecule has 0 saturated heterocycles. The van der Waals surface area contributed by atoms with Crippen LogP contribution in [0, 0.1) is 0 Å². The van der Waals surface area contributed by atoms with E-state index >= 15 is 0 Å². The average molecular weight is 647 g/mol. The van der Waals surface area contributed by atoms with E-state index in [9.17, 15) is 0 Å². The zero-order valence-electron chi connectivity index (χ0n) is 28.0. The monoisotopic (exact) mass is 646 g/mol. The summed E-state index contributed by atoms with van der Waals surface area (Å²) < 4.78 is 2.55. The third-order valence-corrected chi connectivity index (χ3v) is 12.4. The smallest absolute Gasteiger partial charge is 0.161 e. The van der Waals surface area contributed by atoms with Crippen LogP contribution < -0.4 is 0 Å². The molecule has 0 unspecified atom stereocenters. The van der Waals surface area contributed by atoms with Crippen LogP contribution in [0.25, 0.3) is 76.3 Å². The van der Waals surface area contributed by atoms with Crippen molar-refractivity contribution in [2.24, 2.45) is 0 Å². The van der Waals surface area contributed by atoms with Crippen LogP contribution in [0.15, 0.2) is 133 Å². The molecule has 0 aliphatic heterocycles. The molecule has 0 N–H and O–H groups in total. The van der Waals surface area contributed by atoms with Gasteiger partial charge in [0.05, 0.1) is 11.4 Å². The largest absolute Gasteiger partial charge is 0.228 e. The molecule has 2 heterocycles. The van der Waals surface area contributed by atoms with Crippen LogP contribution in [0.3, 0.4) is 0 Å². The Morgan fingerprint density at radius 1 is 0.429 bits per heavy atom. The van der Waals surface area contributed by atoms with Crippen LogP contribution in [-0.2, 0) is 10.8 Å². The highest BCUT2D eigenvalue weighted by Gasteiger charge is 2.38. The first kappa shape index (κ1) is 28.6. The van der Waals surface area contributed by atoms with Crippen molar-refractivity contribution in [2.45, 2.75) is 38.5 Å². The third kappa shape index (κ3) is 3.94. The lowest BCUT2D eigenvalue weighted by Gasteiger charge is -2.22.